The molecule has 1 aliphatic heterocycles. The SMILES string of the molecule is O=C(O)CC1CS(=O)(=O)CCN1C1CCCCCC1O. The van der Waals surface area contributed by atoms with Gasteiger partial charge in [0.1, 0.15) is 0 Å². The van der Waals surface area contributed by atoms with E-state index in [0.717, 1.165) is 25.7 Å². The molecule has 1 saturated carbocycles. The lowest BCUT2D eigenvalue weighted by atomic mass is 10.0. The van der Waals surface area contributed by atoms with Crippen molar-refractivity contribution in [1.82, 2.24) is 4.90 Å². The van der Waals surface area contributed by atoms with Crippen molar-refractivity contribution in [2.75, 3.05) is 18.1 Å². The molecule has 2 rings (SSSR count). The molecule has 7 heteroatoms. The summed E-state index contributed by atoms with van der Waals surface area (Å²) in [6.07, 6.45) is 3.93. The van der Waals surface area contributed by atoms with Gasteiger partial charge in [-0.1, -0.05) is 19.3 Å². The van der Waals surface area contributed by atoms with Gasteiger partial charge >= 0.3 is 5.97 Å². The number of nitrogens with zero attached hydrogens (tertiary/aromatic N) is 1. The number of aliphatic hydroxyl groups is 1. The number of rotatable bonds is 3. The van der Waals surface area contributed by atoms with Crippen molar-refractivity contribution in [2.24, 2.45) is 0 Å². The van der Waals surface area contributed by atoms with E-state index in [1.165, 1.54) is 0 Å². The standard InChI is InChI=1S/C13H23NO5S/c15-12-5-3-1-2-4-11(12)14-6-7-20(18,19)9-10(14)8-13(16)17/h10-12,15H,1-9H2,(H,16,17). The van der Waals surface area contributed by atoms with Gasteiger partial charge in [0.2, 0.25) is 0 Å². The van der Waals surface area contributed by atoms with E-state index in [1.54, 1.807) is 0 Å². The molecule has 1 heterocycles. The monoisotopic (exact) mass is 305 g/mol. The predicted octanol–water partition coefficient (Wildman–Crippen LogP) is 0.254. The number of carbonyl (C=O) groups is 1. The summed E-state index contributed by atoms with van der Waals surface area (Å²) in [6, 6.07) is -0.610. The summed E-state index contributed by atoms with van der Waals surface area (Å²) in [5.41, 5.74) is 0. The Kier molecular flexibility index (Phi) is 5.04. The van der Waals surface area contributed by atoms with Gasteiger partial charge in [-0.2, -0.15) is 0 Å². The van der Waals surface area contributed by atoms with Crippen LogP contribution in [0.25, 0.3) is 0 Å². The fourth-order valence-corrected chi connectivity index (χ4v) is 4.92. The van der Waals surface area contributed by atoms with E-state index in [0.29, 0.717) is 13.0 Å². The summed E-state index contributed by atoms with van der Waals surface area (Å²) >= 11 is 0. The topological polar surface area (TPSA) is 94.9 Å². The first-order chi connectivity index (χ1) is 9.39. The van der Waals surface area contributed by atoms with Crippen molar-refractivity contribution in [3.63, 3.8) is 0 Å². The zero-order valence-corrected chi connectivity index (χ0v) is 12.4. The summed E-state index contributed by atoms with van der Waals surface area (Å²) in [6.45, 7) is 0.335. The van der Waals surface area contributed by atoms with Gasteiger partial charge in [0.25, 0.3) is 0 Å². The van der Waals surface area contributed by atoms with Crippen LogP contribution in [0.3, 0.4) is 0 Å². The van der Waals surface area contributed by atoms with Gasteiger partial charge in [0.15, 0.2) is 9.84 Å². The molecule has 0 spiro atoms. The third-order valence-electron chi connectivity index (χ3n) is 4.36. The highest BCUT2D eigenvalue weighted by molar-refractivity contribution is 7.91. The van der Waals surface area contributed by atoms with E-state index >= 15 is 0 Å². The molecule has 0 bridgehead atoms. The predicted molar refractivity (Wildman–Crippen MR) is 74.3 cm³/mol. The highest BCUT2D eigenvalue weighted by Crippen LogP contribution is 2.27. The fraction of sp³-hybridized carbons (Fsp3) is 0.923. The van der Waals surface area contributed by atoms with E-state index in [4.69, 9.17) is 5.11 Å². The molecule has 0 radical (unpaired) electrons. The maximum atomic E-state index is 11.7. The second kappa shape index (κ2) is 6.41. The van der Waals surface area contributed by atoms with Crippen LogP contribution in [0.1, 0.15) is 38.5 Å². The minimum atomic E-state index is -3.16. The molecule has 3 unspecified atom stereocenters. The first-order valence-corrected chi connectivity index (χ1v) is 9.07. The molecular weight excluding hydrogens is 282 g/mol. The molecule has 6 nitrogen and oxygen atoms in total. The van der Waals surface area contributed by atoms with Gasteiger partial charge < -0.3 is 10.2 Å². The summed E-state index contributed by atoms with van der Waals surface area (Å²) < 4.78 is 23.5. The zero-order chi connectivity index (χ0) is 14.8. The van der Waals surface area contributed by atoms with E-state index in [1.807, 2.05) is 4.90 Å². The van der Waals surface area contributed by atoms with Crippen molar-refractivity contribution in [1.29, 1.82) is 0 Å². The second-order valence-corrected chi connectivity index (χ2v) is 8.11. The largest absolute Gasteiger partial charge is 0.481 e. The summed E-state index contributed by atoms with van der Waals surface area (Å²) in [7, 11) is -3.16. The number of carboxylic acids is 1. The zero-order valence-electron chi connectivity index (χ0n) is 11.6. The third-order valence-corrected chi connectivity index (χ3v) is 6.05. The molecule has 20 heavy (non-hydrogen) atoms. The fourth-order valence-electron chi connectivity index (χ4n) is 3.37. The molecule has 2 N–H and O–H groups in total. The van der Waals surface area contributed by atoms with Gasteiger partial charge in [-0.25, -0.2) is 8.42 Å². The van der Waals surface area contributed by atoms with Crippen LogP contribution in [-0.4, -0.2) is 65.7 Å². The highest BCUT2D eigenvalue weighted by atomic mass is 32.2. The van der Waals surface area contributed by atoms with E-state index in [9.17, 15) is 18.3 Å². The second-order valence-electron chi connectivity index (χ2n) is 5.88. The van der Waals surface area contributed by atoms with Crippen molar-refractivity contribution in [3.05, 3.63) is 0 Å². The first-order valence-electron chi connectivity index (χ1n) is 7.25. The van der Waals surface area contributed by atoms with Crippen LogP contribution < -0.4 is 0 Å². The molecule has 0 amide bonds. The maximum absolute atomic E-state index is 11.7. The maximum Gasteiger partial charge on any atom is 0.304 e. The van der Waals surface area contributed by atoms with Crippen molar-refractivity contribution in [2.45, 2.75) is 56.7 Å². The minimum Gasteiger partial charge on any atom is -0.481 e. The van der Waals surface area contributed by atoms with Crippen LogP contribution in [0.5, 0.6) is 0 Å². The number of carboxylic acid groups (broad SMARTS) is 1. The number of hydrogen-bond acceptors (Lipinski definition) is 5. The lowest BCUT2D eigenvalue weighted by Gasteiger charge is -2.41. The summed E-state index contributed by atoms with van der Waals surface area (Å²) in [5.74, 6) is -1.03. The van der Waals surface area contributed by atoms with E-state index < -0.39 is 28.0 Å². The van der Waals surface area contributed by atoms with Crippen molar-refractivity contribution >= 4 is 15.8 Å². The number of aliphatic hydroxyl groups excluding tert-OH is 1. The molecular formula is C13H23NO5S. The molecule has 1 saturated heterocycles. The van der Waals surface area contributed by atoms with Gasteiger partial charge in [-0.3, -0.25) is 9.69 Å². The average Bonchev–Trinajstić information content (AvgIpc) is 2.53. The van der Waals surface area contributed by atoms with Crippen LogP contribution in [0.2, 0.25) is 0 Å². The molecule has 2 aliphatic rings. The van der Waals surface area contributed by atoms with Crippen molar-refractivity contribution < 1.29 is 23.4 Å². The smallest absolute Gasteiger partial charge is 0.304 e. The van der Waals surface area contributed by atoms with Crippen molar-refractivity contribution in [3.8, 4) is 0 Å². The van der Waals surface area contributed by atoms with Gasteiger partial charge in [-0.05, 0) is 12.8 Å². The number of aliphatic carboxylic acids is 1. The summed E-state index contributed by atoms with van der Waals surface area (Å²) in [5, 5.41) is 19.2. The molecule has 0 aromatic carbocycles. The number of sulfone groups is 1. The lowest BCUT2D eigenvalue weighted by molar-refractivity contribution is -0.138. The Labute approximate surface area is 119 Å². The van der Waals surface area contributed by atoms with E-state index in [-0.39, 0.29) is 24.0 Å². The Balaban J connectivity index is 2.15. The van der Waals surface area contributed by atoms with Gasteiger partial charge in [0.05, 0.1) is 24.0 Å². The normalized spacial score (nSPS) is 35.4. The Morgan fingerprint density at radius 3 is 2.60 bits per heavy atom. The van der Waals surface area contributed by atoms with Crippen LogP contribution in [0.15, 0.2) is 0 Å². The Bertz CT molecular complexity index is 450. The highest BCUT2D eigenvalue weighted by Gasteiger charge is 2.38. The number of hydrogen-bond donors (Lipinski definition) is 2. The molecule has 0 aromatic heterocycles. The Hall–Kier alpha value is -0.660. The van der Waals surface area contributed by atoms with Crippen LogP contribution >= 0.6 is 0 Å². The average molecular weight is 305 g/mol. The Morgan fingerprint density at radius 1 is 1.20 bits per heavy atom. The van der Waals surface area contributed by atoms with E-state index in [2.05, 4.69) is 0 Å². The third kappa shape index (κ3) is 3.93. The molecule has 0 aromatic rings. The van der Waals surface area contributed by atoms with Crippen LogP contribution in [0.4, 0.5) is 0 Å². The van der Waals surface area contributed by atoms with Crippen LogP contribution in [-0.2, 0) is 14.6 Å². The first kappa shape index (κ1) is 15.7. The van der Waals surface area contributed by atoms with Crippen LogP contribution in [0, 0.1) is 0 Å². The quantitative estimate of drug-likeness (QED) is 0.726. The lowest BCUT2D eigenvalue weighted by Crippen LogP contribution is -2.56. The molecule has 116 valence electrons. The molecule has 2 fully saturated rings. The van der Waals surface area contributed by atoms with Gasteiger partial charge in [-0.15, -0.1) is 0 Å². The molecule has 3 atom stereocenters. The summed E-state index contributed by atoms with van der Waals surface area (Å²) in [4.78, 5) is 12.9. The Morgan fingerprint density at radius 2 is 1.90 bits per heavy atom. The minimum absolute atomic E-state index is 0.0618. The van der Waals surface area contributed by atoms with Gasteiger partial charge in [0, 0.05) is 18.6 Å². The molecule has 1 aliphatic carbocycles.